The predicted molar refractivity (Wildman–Crippen MR) is 61.2 cm³/mol. The highest BCUT2D eigenvalue weighted by molar-refractivity contribution is 5.67. The second-order valence-electron chi connectivity index (χ2n) is 3.47. The van der Waals surface area contributed by atoms with Crippen molar-refractivity contribution < 1.29 is 13.7 Å². The summed E-state index contributed by atoms with van der Waals surface area (Å²) in [6, 6.07) is 3.47. The second-order valence-corrected chi connectivity index (χ2v) is 3.47. The lowest BCUT2D eigenvalue weighted by Crippen LogP contribution is -2.08. The SMILES string of the molecule is O=c1ccc(Nc2cc(F)c(F)cc2[N+](=O)[O-])n[nH]1. The summed E-state index contributed by atoms with van der Waals surface area (Å²) in [6.07, 6.45) is 0. The van der Waals surface area contributed by atoms with Gasteiger partial charge < -0.3 is 5.32 Å². The van der Waals surface area contributed by atoms with Crippen molar-refractivity contribution in [1.29, 1.82) is 0 Å². The maximum absolute atomic E-state index is 13.1. The lowest BCUT2D eigenvalue weighted by atomic mass is 10.2. The van der Waals surface area contributed by atoms with E-state index in [1.807, 2.05) is 0 Å². The molecule has 1 aromatic carbocycles. The number of nitro groups is 1. The topological polar surface area (TPSA) is 101 Å². The normalized spacial score (nSPS) is 10.2. The minimum Gasteiger partial charge on any atom is -0.333 e. The van der Waals surface area contributed by atoms with Gasteiger partial charge >= 0.3 is 0 Å². The standard InChI is InChI=1S/C10H6F2N4O3/c11-5-3-7(8(16(18)19)4-6(5)12)13-9-1-2-10(17)15-14-9/h1-4H,(H,13,14)(H,15,17). The van der Waals surface area contributed by atoms with E-state index in [1.54, 1.807) is 0 Å². The molecule has 0 atom stereocenters. The molecule has 1 aromatic heterocycles. The predicted octanol–water partition coefficient (Wildman–Crippen LogP) is 1.70. The molecule has 2 aromatic rings. The van der Waals surface area contributed by atoms with Crippen LogP contribution in [0, 0.1) is 21.7 Å². The van der Waals surface area contributed by atoms with Crippen molar-refractivity contribution in [2.45, 2.75) is 0 Å². The third-order valence-electron chi connectivity index (χ3n) is 2.18. The summed E-state index contributed by atoms with van der Waals surface area (Å²) < 4.78 is 26.0. The van der Waals surface area contributed by atoms with Crippen LogP contribution in [-0.2, 0) is 0 Å². The molecule has 9 heteroatoms. The summed E-state index contributed by atoms with van der Waals surface area (Å²) in [5, 5.41) is 18.8. The van der Waals surface area contributed by atoms with Crippen LogP contribution in [0.15, 0.2) is 29.1 Å². The zero-order valence-corrected chi connectivity index (χ0v) is 9.18. The molecule has 0 bridgehead atoms. The minimum atomic E-state index is -1.33. The third kappa shape index (κ3) is 2.70. The summed E-state index contributed by atoms with van der Waals surface area (Å²) in [6.45, 7) is 0. The monoisotopic (exact) mass is 268 g/mol. The number of nitrogens with one attached hydrogen (secondary N) is 2. The molecule has 2 N–H and O–H groups in total. The van der Waals surface area contributed by atoms with E-state index in [0.29, 0.717) is 12.1 Å². The molecular weight excluding hydrogens is 262 g/mol. The molecule has 2 rings (SSSR count). The quantitative estimate of drug-likeness (QED) is 0.651. The van der Waals surface area contributed by atoms with E-state index in [1.165, 1.54) is 6.07 Å². The Morgan fingerprint density at radius 1 is 1.26 bits per heavy atom. The van der Waals surface area contributed by atoms with E-state index >= 15 is 0 Å². The number of H-pyrrole nitrogens is 1. The van der Waals surface area contributed by atoms with E-state index in [2.05, 4.69) is 15.5 Å². The highest BCUT2D eigenvalue weighted by atomic mass is 19.2. The Kier molecular flexibility index (Phi) is 3.19. The Bertz CT molecular complexity index is 681. The number of halogens is 2. The molecule has 0 aliphatic rings. The van der Waals surface area contributed by atoms with Gasteiger partial charge in [-0.05, 0) is 6.07 Å². The number of nitrogens with zero attached hydrogens (tertiary/aromatic N) is 2. The van der Waals surface area contributed by atoms with Gasteiger partial charge in [-0.1, -0.05) is 0 Å². The molecular formula is C10H6F2N4O3. The van der Waals surface area contributed by atoms with E-state index in [4.69, 9.17) is 0 Å². The summed E-state index contributed by atoms with van der Waals surface area (Å²) >= 11 is 0. The Hall–Kier alpha value is -2.84. The molecule has 0 aliphatic heterocycles. The summed E-state index contributed by atoms with van der Waals surface area (Å²) in [5.74, 6) is -2.52. The average molecular weight is 268 g/mol. The number of aromatic nitrogens is 2. The van der Waals surface area contributed by atoms with Gasteiger partial charge in [0.15, 0.2) is 17.5 Å². The van der Waals surface area contributed by atoms with E-state index in [0.717, 1.165) is 6.07 Å². The number of hydrogen-bond acceptors (Lipinski definition) is 5. The van der Waals surface area contributed by atoms with Crippen molar-refractivity contribution in [3.8, 4) is 0 Å². The first-order valence-corrected chi connectivity index (χ1v) is 4.93. The van der Waals surface area contributed by atoms with E-state index < -0.39 is 27.8 Å². The minimum absolute atomic E-state index is 0.0497. The van der Waals surface area contributed by atoms with Crippen LogP contribution in [-0.4, -0.2) is 15.1 Å². The molecule has 0 amide bonds. The molecule has 0 radical (unpaired) electrons. The molecule has 0 spiro atoms. The van der Waals surface area contributed by atoms with Crippen LogP contribution in [0.25, 0.3) is 0 Å². The van der Waals surface area contributed by atoms with Gasteiger partial charge in [-0.2, -0.15) is 5.10 Å². The Labute approximate surface area is 104 Å². The first kappa shape index (κ1) is 12.6. The molecule has 0 fully saturated rings. The fraction of sp³-hybridized carbons (Fsp3) is 0. The molecule has 0 unspecified atom stereocenters. The molecule has 0 aliphatic carbocycles. The number of benzene rings is 1. The van der Waals surface area contributed by atoms with E-state index in [-0.39, 0.29) is 11.5 Å². The van der Waals surface area contributed by atoms with Crippen molar-refractivity contribution in [3.05, 3.63) is 56.4 Å². The van der Waals surface area contributed by atoms with Gasteiger partial charge in [0.2, 0.25) is 0 Å². The number of nitro benzene ring substituents is 1. The maximum atomic E-state index is 13.1. The van der Waals surface area contributed by atoms with Gasteiger partial charge in [0.1, 0.15) is 5.69 Å². The molecule has 1 heterocycles. The Morgan fingerprint density at radius 2 is 1.95 bits per heavy atom. The second kappa shape index (κ2) is 4.80. The smallest absolute Gasteiger partial charge is 0.295 e. The van der Waals surface area contributed by atoms with Crippen molar-refractivity contribution in [2.24, 2.45) is 0 Å². The number of rotatable bonds is 3. The maximum Gasteiger partial charge on any atom is 0.295 e. The van der Waals surface area contributed by atoms with Crippen LogP contribution in [0.5, 0.6) is 0 Å². The third-order valence-corrected chi connectivity index (χ3v) is 2.18. The lowest BCUT2D eigenvalue weighted by molar-refractivity contribution is -0.384. The van der Waals surface area contributed by atoms with E-state index in [9.17, 15) is 23.7 Å². The molecule has 0 saturated carbocycles. The molecule has 19 heavy (non-hydrogen) atoms. The average Bonchev–Trinajstić information content (AvgIpc) is 2.36. The zero-order chi connectivity index (χ0) is 14.0. The van der Waals surface area contributed by atoms with Crippen LogP contribution >= 0.6 is 0 Å². The van der Waals surface area contributed by atoms with Crippen LogP contribution in [0.4, 0.5) is 26.0 Å². The van der Waals surface area contributed by atoms with Crippen LogP contribution in [0.2, 0.25) is 0 Å². The van der Waals surface area contributed by atoms with Crippen LogP contribution in [0.3, 0.4) is 0 Å². The van der Waals surface area contributed by atoms with Gasteiger partial charge in [-0.15, -0.1) is 0 Å². The van der Waals surface area contributed by atoms with Crippen LogP contribution < -0.4 is 10.9 Å². The first-order chi connectivity index (χ1) is 8.97. The van der Waals surface area contributed by atoms with Gasteiger partial charge in [0, 0.05) is 12.1 Å². The Morgan fingerprint density at radius 3 is 2.53 bits per heavy atom. The molecule has 0 saturated heterocycles. The fourth-order valence-electron chi connectivity index (χ4n) is 1.34. The first-order valence-electron chi connectivity index (χ1n) is 4.93. The summed E-state index contributed by atoms with van der Waals surface area (Å²) in [7, 11) is 0. The van der Waals surface area contributed by atoms with Crippen molar-refractivity contribution in [2.75, 3.05) is 5.32 Å². The molecule has 7 nitrogen and oxygen atoms in total. The number of aromatic amines is 1. The summed E-state index contributed by atoms with van der Waals surface area (Å²) in [5.41, 5.74) is -1.39. The highest BCUT2D eigenvalue weighted by Gasteiger charge is 2.19. The number of anilines is 2. The van der Waals surface area contributed by atoms with Gasteiger partial charge in [-0.25, -0.2) is 13.9 Å². The van der Waals surface area contributed by atoms with Crippen LogP contribution in [0.1, 0.15) is 0 Å². The lowest BCUT2D eigenvalue weighted by Gasteiger charge is -2.06. The van der Waals surface area contributed by atoms with Gasteiger partial charge in [0.25, 0.3) is 11.2 Å². The van der Waals surface area contributed by atoms with Crippen molar-refractivity contribution >= 4 is 17.2 Å². The highest BCUT2D eigenvalue weighted by Crippen LogP contribution is 2.28. The van der Waals surface area contributed by atoms with Crippen molar-refractivity contribution in [3.63, 3.8) is 0 Å². The number of hydrogen-bond donors (Lipinski definition) is 2. The Balaban J connectivity index is 2.43. The van der Waals surface area contributed by atoms with Gasteiger partial charge in [0.05, 0.1) is 11.0 Å². The summed E-state index contributed by atoms with van der Waals surface area (Å²) in [4.78, 5) is 20.6. The van der Waals surface area contributed by atoms with Gasteiger partial charge in [-0.3, -0.25) is 14.9 Å². The zero-order valence-electron chi connectivity index (χ0n) is 9.18. The molecule has 98 valence electrons. The van der Waals surface area contributed by atoms with Crippen molar-refractivity contribution in [1.82, 2.24) is 10.2 Å². The largest absolute Gasteiger partial charge is 0.333 e. The fourth-order valence-corrected chi connectivity index (χ4v) is 1.34.